The lowest BCUT2D eigenvalue weighted by Gasteiger charge is -2.15. The van der Waals surface area contributed by atoms with E-state index in [-0.39, 0.29) is 5.69 Å². The fraction of sp³-hybridized carbons (Fsp3) is 0.727. The van der Waals surface area contributed by atoms with Gasteiger partial charge in [0.2, 0.25) is 5.95 Å². The van der Waals surface area contributed by atoms with Gasteiger partial charge in [-0.2, -0.15) is 4.98 Å². The van der Waals surface area contributed by atoms with Gasteiger partial charge in [0, 0.05) is 40.9 Å². The summed E-state index contributed by atoms with van der Waals surface area (Å²) in [5, 5.41) is 0. The molecule has 0 aromatic carbocycles. The summed E-state index contributed by atoms with van der Waals surface area (Å²) in [5.74, 6) is 0.353. The van der Waals surface area contributed by atoms with E-state index >= 15 is 0 Å². The molecule has 0 N–H and O–H groups in total. The Morgan fingerprint density at radius 2 is 2.00 bits per heavy atom. The van der Waals surface area contributed by atoms with E-state index in [1.54, 1.807) is 26.0 Å². The Bertz CT molecular complexity index is 504. The summed E-state index contributed by atoms with van der Waals surface area (Å²) >= 11 is 0. The number of nitrogens with zero attached hydrogens (tertiary/aromatic N) is 4. The third kappa shape index (κ3) is 3.19. The van der Waals surface area contributed by atoms with Crippen molar-refractivity contribution in [3.8, 4) is 0 Å². The molecule has 0 amide bonds. The Balaban J connectivity index is 2.97. The van der Waals surface area contributed by atoms with Gasteiger partial charge < -0.3 is 9.64 Å². The number of hydrogen-bond donors (Lipinski definition) is 0. The van der Waals surface area contributed by atoms with Gasteiger partial charge in [0.25, 0.3) is 0 Å². The molecule has 0 unspecified atom stereocenters. The van der Waals surface area contributed by atoms with Crippen LogP contribution >= 0.6 is 0 Å². The highest BCUT2D eigenvalue weighted by Gasteiger charge is 2.11. The van der Waals surface area contributed by atoms with Crippen molar-refractivity contribution in [3.63, 3.8) is 0 Å². The standard InChI is InChI=1S/C11H20N4O3/c1-5-18-8-6-7-15-10(16)12-9(13(2)3)14(4)11(15)17/h5-8H2,1-4H3. The Kier molecular flexibility index (Phi) is 5.08. The van der Waals surface area contributed by atoms with Crippen molar-refractivity contribution in [2.24, 2.45) is 7.05 Å². The highest BCUT2D eigenvalue weighted by atomic mass is 16.5. The van der Waals surface area contributed by atoms with Crippen molar-refractivity contribution in [2.45, 2.75) is 19.9 Å². The molecule has 0 atom stereocenters. The maximum atomic E-state index is 12.0. The van der Waals surface area contributed by atoms with Crippen LogP contribution < -0.4 is 16.3 Å². The van der Waals surface area contributed by atoms with Crippen LogP contribution in [0.5, 0.6) is 0 Å². The van der Waals surface area contributed by atoms with E-state index in [0.29, 0.717) is 32.1 Å². The lowest BCUT2D eigenvalue weighted by molar-refractivity contribution is 0.141. The second-order valence-corrected chi connectivity index (χ2v) is 4.13. The van der Waals surface area contributed by atoms with Crippen LogP contribution in [0.4, 0.5) is 5.95 Å². The third-order valence-electron chi connectivity index (χ3n) is 2.52. The number of rotatable bonds is 6. The lowest BCUT2D eigenvalue weighted by Crippen LogP contribution is -2.43. The summed E-state index contributed by atoms with van der Waals surface area (Å²) in [6.45, 7) is 3.39. The molecule has 1 aromatic rings. The maximum Gasteiger partial charge on any atom is 0.354 e. The van der Waals surface area contributed by atoms with Crippen molar-refractivity contribution in [1.82, 2.24) is 14.1 Å². The first kappa shape index (κ1) is 14.4. The van der Waals surface area contributed by atoms with E-state index in [2.05, 4.69) is 4.98 Å². The third-order valence-corrected chi connectivity index (χ3v) is 2.52. The Labute approximate surface area is 106 Å². The average molecular weight is 256 g/mol. The number of hydrogen-bond acceptors (Lipinski definition) is 5. The largest absolute Gasteiger partial charge is 0.382 e. The van der Waals surface area contributed by atoms with Crippen molar-refractivity contribution in [3.05, 3.63) is 21.0 Å². The highest BCUT2D eigenvalue weighted by molar-refractivity contribution is 5.25. The van der Waals surface area contributed by atoms with Crippen molar-refractivity contribution >= 4 is 5.95 Å². The monoisotopic (exact) mass is 256 g/mol. The van der Waals surface area contributed by atoms with Gasteiger partial charge in [-0.05, 0) is 13.3 Å². The molecule has 7 nitrogen and oxygen atoms in total. The van der Waals surface area contributed by atoms with Crippen LogP contribution in [-0.4, -0.2) is 41.4 Å². The van der Waals surface area contributed by atoms with Crippen molar-refractivity contribution in [1.29, 1.82) is 0 Å². The SMILES string of the molecule is CCOCCCn1c(=O)nc(N(C)C)n(C)c1=O. The zero-order valence-electron chi connectivity index (χ0n) is 11.3. The minimum atomic E-state index is -0.515. The zero-order chi connectivity index (χ0) is 13.7. The van der Waals surface area contributed by atoms with Crippen LogP contribution in [0.15, 0.2) is 9.59 Å². The van der Waals surface area contributed by atoms with E-state index in [0.717, 1.165) is 4.57 Å². The molecular weight excluding hydrogens is 236 g/mol. The van der Waals surface area contributed by atoms with Gasteiger partial charge in [0.05, 0.1) is 0 Å². The van der Waals surface area contributed by atoms with E-state index in [1.807, 2.05) is 6.92 Å². The van der Waals surface area contributed by atoms with Crippen LogP contribution in [-0.2, 0) is 18.3 Å². The van der Waals surface area contributed by atoms with Gasteiger partial charge in [-0.3, -0.25) is 4.57 Å². The molecule has 7 heteroatoms. The maximum absolute atomic E-state index is 12.0. The molecule has 0 fully saturated rings. The lowest BCUT2D eigenvalue weighted by atomic mass is 10.4. The number of anilines is 1. The second kappa shape index (κ2) is 6.34. The summed E-state index contributed by atoms with van der Waals surface area (Å²) < 4.78 is 7.67. The first-order valence-electron chi connectivity index (χ1n) is 5.92. The van der Waals surface area contributed by atoms with Crippen LogP contribution in [0.1, 0.15) is 13.3 Å². The molecule has 1 aromatic heterocycles. The fourth-order valence-corrected chi connectivity index (χ4v) is 1.63. The Hall–Kier alpha value is -1.63. The molecule has 102 valence electrons. The smallest absolute Gasteiger partial charge is 0.354 e. The molecule has 1 rings (SSSR count). The van der Waals surface area contributed by atoms with Gasteiger partial charge in [-0.15, -0.1) is 0 Å². The zero-order valence-corrected chi connectivity index (χ0v) is 11.3. The highest BCUT2D eigenvalue weighted by Crippen LogP contribution is 1.98. The van der Waals surface area contributed by atoms with Gasteiger partial charge in [0.1, 0.15) is 0 Å². The minimum absolute atomic E-state index is 0.326. The summed E-state index contributed by atoms with van der Waals surface area (Å²) in [6, 6.07) is 0. The topological polar surface area (TPSA) is 69.4 Å². The van der Waals surface area contributed by atoms with Crippen LogP contribution in [0.2, 0.25) is 0 Å². The summed E-state index contributed by atoms with van der Waals surface area (Å²) in [4.78, 5) is 29.3. The molecule has 0 bridgehead atoms. The normalized spacial score (nSPS) is 10.7. The molecule has 0 saturated heterocycles. The summed E-state index contributed by atoms with van der Waals surface area (Å²) in [5.41, 5.74) is -0.867. The molecule has 0 radical (unpaired) electrons. The van der Waals surface area contributed by atoms with E-state index in [9.17, 15) is 9.59 Å². The molecule has 0 aliphatic rings. The predicted molar refractivity (Wildman–Crippen MR) is 69.2 cm³/mol. The summed E-state index contributed by atoms with van der Waals surface area (Å²) in [7, 11) is 5.07. The first-order chi connectivity index (χ1) is 8.49. The van der Waals surface area contributed by atoms with E-state index in [1.165, 1.54) is 4.57 Å². The fourth-order valence-electron chi connectivity index (χ4n) is 1.63. The predicted octanol–water partition coefficient (Wildman–Crippen LogP) is -0.565. The second-order valence-electron chi connectivity index (χ2n) is 4.13. The van der Waals surface area contributed by atoms with Crippen LogP contribution in [0.25, 0.3) is 0 Å². The molecule has 1 heterocycles. The van der Waals surface area contributed by atoms with Gasteiger partial charge in [0.15, 0.2) is 0 Å². The Morgan fingerprint density at radius 3 is 2.56 bits per heavy atom. The van der Waals surface area contributed by atoms with E-state index < -0.39 is 5.69 Å². The minimum Gasteiger partial charge on any atom is -0.382 e. The van der Waals surface area contributed by atoms with Crippen molar-refractivity contribution in [2.75, 3.05) is 32.2 Å². The Morgan fingerprint density at radius 1 is 1.33 bits per heavy atom. The van der Waals surface area contributed by atoms with Gasteiger partial charge >= 0.3 is 11.4 Å². The van der Waals surface area contributed by atoms with Gasteiger partial charge in [-0.1, -0.05) is 0 Å². The first-order valence-corrected chi connectivity index (χ1v) is 5.92. The number of aromatic nitrogens is 3. The van der Waals surface area contributed by atoms with Crippen molar-refractivity contribution < 1.29 is 4.74 Å². The van der Waals surface area contributed by atoms with Gasteiger partial charge in [-0.25, -0.2) is 14.2 Å². The van der Waals surface area contributed by atoms with E-state index in [4.69, 9.17) is 4.74 Å². The quantitative estimate of drug-likeness (QED) is 0.638. The molecule has 18 heavy (non-hydrogen) atoms. The molecule has 0 aliphatic heterocycles. The van der Waals surface area contributed by atoms with Crippen LogP contribution in [0, 0.1) is 0 Å². The van der Waals surface area contributed by atoms with Crippen LogP contribution in [0.3, 0.4) is 0 Å². The molecule has 0 aliphatic carbocycles. The summed E-state index contributed by atoms with van der Waals surface area (Å²) in [6.07, 6.45) is 0.617. The molecule has 0 spiro atoms. The average Bonchev–Trinajstić information content (AvgIpc) is 2.32. The molecule has 0 saturated carbocycles. The molecular formula is C11H20N4O3. The number of ether oxygens (including phenoxy) is 1.